The lowest BCUT2D eigenvalue weighted by molar-refractivity contribution is 0.493. The van der Waals surface area contributed by atoms with Crippen molar-refractivity contribution in [2.75, 3.05) is 12.3 Å². The molecule has 1 N–H and O–H groups in total. The summed E-state index contributed by atoms with van der Waals surface area (Å²) in [6.07, 6.45) is 1.03. The number of nitrogens with zero attached hydrogens (tertiary/aromatic N) is 1. The highest BCUT2D eigenvalue weighted by atomic mass is 35.5. The van der Waals surface area contributed by atoms with Crippen LogP contribution in [0.15, 0.2) is 29.2 Å². The number of hydrogen-bond acceptors (Lipinski definition) is 3. The fourth-order valence-electron chi connectivity index (χ4n) is 1.28. The van der Waals surface area contributed by atoms with Crippen LogP contribution >= 0.6 is 23.4 Å². The number of rotatable bonds is 6. The Labute approximate surface area is 112 Å². The van der Waals surface area contributed by atoms with E-state index in [0.717, 1.165) is 28.6 Å². The molecule has 17 heavy (non-hydrogen) atoms. The molecule has 0 aliphatic rings. The van der Waals surface area contributed by atoms with Gasteiger partial charge in [-0.2, -0.15) is 5.26 Å². The highest BCUT2D eigenvalue weighted by Crippen LogP contribution is 2.23. The van der Waals surface area contributed by atoms with E-state index in [2.05, 4.69) is 18.3 Å². The smallest absolute Gasteiger partial charge is 0.113 e. The van der Waals surface area contributed by atoms with E-state index >= 15 is 0 Å². The van der Waals surface area contributed by atoms with Crippen LogP contribution in [0.1, 0.15) is 20.3 Å². The molecule has 0 aromatic heterocycles. The van der Waals surface area contributed by atoms with E-state index < -0.39 is 5.54 Å². The normalized spacial score (nSPS) is 14.0. The Balaban J connectivity index is 2.53. The number of nitriles is 1. The van der Waals surface area contributed by atoms with Crippen LogP contribution in [0.25, 0.3) is 0 Å². The Kier molecular flexibility index (Phi) is 5.84. The van der Waals surface area contributed by atoms with Gasteiger partial charge in [0.2, 0.25) is 0 Å². The quantitative estimate of drug-likeness (QED) is 0.799. The van der Waals surface area contributed by atoms with Gasteiger partial charge < -0.3 is 0 Å². The number of nitrogens with one attached hydrogen (secondary N) is 1. The van der Waals surface area contributed by atoms with E-state index in [1.807, 2.05) is 31.2 Å². The van der Waals surface area contributed by atoms with Crippen molar-refractivity contribution < 1.29 is 0 Å². The van der Waals surface area contributed by atoms with Crippen molar-refractivity contribution in [3.63, 3.8) is 0 Å². The van der Waals surface area contributed by atoms with E-state index in [-0.39, 0.29) is 0 Å². The zero-order valence-corrected chi connectivity index (χ0v) is 11.7. The van der Waals surface area contributed by atoms with Gasteiger partial charge in [0.1, 0.15) is 5.54 Å². The lowest BCUT2D eigenvalue weighted by Gasteiger charge is -2.22. The molecule has 0 fully saturated rings. The van der Waals surface area contributed by atoms with Crippen molar-refractivity contribution in [2.24, 2.45) is 0 Å². The third-order valence-electron chi connectivity index (χ3n) is 2.35. The van der Waals surface area contributed by atoms with E-state index in [4.69, 9.17) is 11.6 Å². The van der Waals surface area contributed by atoms with Gasteiger partial charge in [-0.3, -0.25) is 5.32 Å². The first kappa shape index (κ1) is 14.4. The molecule has 92 valence electrons. The molecule has 1 rings (SSSR count). The van der Waals surface area contributed by atoms with Gasteiger partial charge in [0.15, 0.2) is 0 Å². The summed E-state index contributed by atoms with van der Waals surface area (Å²) < 4.78 is 0. The SMILES string of the molecule is CCCNC(C)(C#N)CSc1ccc(Cl)cc1. The molecule has 0 bridgehead atoms. The van der Waals surface area contributed by atoms with E-state index in [1.165, 1.54) is 0 Å². The Hall–Kier alpha value is -0.690. The van der Waals surface area contributed by atoms with Crippen LogP contribution in [0.3, 0.4) is 0 Å². The molecule has 0 aliphatic carbocycles. The second-order valence-corrected chi connectivity index (χ2v) is 5.60. The van der Waals surface area contributed by atoms with E-state index in [0.29, 0.717) is 0 Å². The molecule has 4 heteroatoms. The Bertz CT molecular complexity index is 385. The lowest BCUT2D eigenvalue weighted by atomic mass is 10.1. The number of halogens is 1. The van der Waals surface area contributed by atoms with Crippen LogP contribution in [0, 0.1) is 11.3 Å². The van der Waals surface area contributed by atoms with Crippen molar-refractivity contribution in [1.82, 2.24) is 5.32 Å². The fourth-order valence-corrected chi connectivity index (χ4v) is 2.36. The summed E-state index contributed by atoms with van der Waals surface area (Å²) in [6, 6.07) is 10.0. The van der Waals surface area contributed by atoms with Crippen molar-refractivity contribution in [3.8, 4) is 6.07 Å². The molecule has 0 aliphatic heterocycles. The maximum atomic E-state index is 9.19. The standard InChI is InChI=1S/C13H17ClN2S/c1-3-8-16-13(2,9-15)10-17-12-6-4-11(14)5-7-12/h4-7,16H,3,8,10H2,1-2H3. The van der Waals surface area contributed by atoms with Crippen molar-refractivity contribution in [3.05, 3.63) is 29.3 Å². The Morgan fingerprint density at radius 1 is 1.41 bits per heavy atom. The molecule has 1 aromatic carbocycles. The number of benzene rings is 1. The molecule has 0 amide bonds. The number of thioether (sulfide) groups is 1. The van der Waals surface area contributed by atoms with Crippen molar-refractivity contribution in [2.45, 2.75) is 30.7 Å². The molecule has 0 saturated carbocycles. The third-order valence-corrected chi connectivity index (χ3v) is 3.93. The molecule has 1 atom stereocenters. The highest BCUT2D eigenvalue weighted by Gasteiger charge is 2.22. The topological polar surface area (TPSA) is 35.8 Å². The van der Waals surface area contributed by atoms with Gasteiger partial charge >= 0.3 is 0 Å². The summed E-state index contributed by atoms with van der Waals surface area (Å²) >= 11 is 7.49. The average molecular weight is 269 g/mol. The summed E-state index contributed by atoms with van der Waals surface area (Å²) in [5.74, 6) is 0.727. The van der Waals surface area contributed by atoms with Gasteiger partial charge in [0.05, 0.1) is 6.07 Å². The van der Waals surface area contributed by atoms with Gasteiger partial charge in [-0.05, 0) is 44.2 Å². The van der Waals surface area contributed by atoms with E-state index in [9.17, 15) is 5.26 Å². The first-order valence-electron chi connectivity index (χ1n) is 5.64. The van der Waals surface area contributed by atoms with Gasteiger partial charge in [0.25, 0.3) is 0 Å². The Morgan fingerprint density at radius 2 is 2.06 bits per heavy atom. The second-order valence-electron chi connectivity index (χ2n) is 4.11. The molecule has 0 heterocycles. The molecule has 0 spiro atoms. The fraction of sp³-hybridized carbons (Fsp3) is 0.462. The average Bonchev–Trinajstić information content (AvgIpc) is 2.36. The molecule has 0 saturated heterocycles. The summed E-state index contributed by atoms with van der Waals surface area (Å²) in [5.41, 5.74) is -0.472. The molecular formula is C13H17ClN2S. The zero-order valence-electron chi connectivity index (χ0n) is 10.2. The molecule has 1 unspecified atom stereocenters. The predicted octanol–water partition coefficient (Wildman–Crippen LogP) is 3.71. The Morgan fingerprint density at radius 3 is 2.59 bits per heavy atom. The molecule has 2 nitrogen and oxygen atoms in total. The van der Waals surface area contributed by atoms with Gasteiger partial charge in [-0.25, -0.2) is 0 Å². The minimum Gasteiger partial charge on any atom is -0.299 e. The lowest BCUT2D eigenvalue weighted by Crippen LogP contribution is -2.43. The van der Waals surface area contributed by atoms with Crippen LogP contribution < -0.4 is 5.32 Å². The largest absolute Gasteiger partial charge is 0.299 e. The maximum absolute atomic E-state index is 9.19. The molecule has 0 radical (unpaired) electrons. The summed E-state index contributed by atoms with van der Waals surface area (Å²) in [6.45, 7) is 4.90. The van der Waals surface area contributed by atoms with Crippen LogP contribution in [0.2, 0.25) is 5.02 Å². The zero-order chi connectivity index (χ0) is 12.7. The minimum atomic E-state index is -0.472. The predicted molar refractivity (Wildman–Crippen MR) is 74.5 cm³/mol. The first-order chi connectivity index (χ1) is 8.09. The highest BCUT2D eigenvalue weighted by molar-refractivity contribution is 7.99. The monoisotopic (exact) mass is 268 g/mol. The molecular weight excluding hydrogens is 252 g/mol. The summed E-state index contributed by atoms with van der Waals surface area (Å²) in [4.78, 5) is 1.13. The van der Waals surface area contributed by atoms with Crippen LogP contribution in [-0.4, -0.2) is 17.8 Å². The van der Waals surface area contributed by atoms with Crippen LogP contribution in [0.5, 0.6) is 0 Å². The summed E-state index contributed by atoms with van der Waals surface area (Å²) in [7, 11) is 0. The maximum Gasteiger partial charge on any atom is 0.113 e. The van der Waals surface area contributed by atoms with Gasteiger partial charge in [0, 0.05) is 15.7 Å². The van der Waals surface area contributed by atoms with Crippen molar-refractivity contribution in [1.29, 1.82) is 5.26 Å². The third kappa shape index (κ3) is 4.99. The van der Waals surface area contributed by atoms with Crippen LogP contribution in [0.4, 0.5) is 0 Å². The van der Waals surface area contributed by atoms with Crippen molar-refractivity contribution >= 4 is 23.4 Å². The van der Waals surface area contributed by atoms with Gasteiger partial charge in [-0.1, -0.05) is 18.5 Å². The molecule has 1 aromatic rings. The van der Waals surface area contributed by atoms with E-state index in [1.54, 1.807) is 11.8 Å². The number of hydrogen-bond donors (Lipinski definition) is 1. The van der Waals surface area contributed by atoms with Crippen LogP contribution in [-0.2, 0) is 0 Å². The minimum absolute atomic E-state index is 0.472. The first-order valence-corrected chi connectivity index (χ1v) is 7.00. The second kappa shape index (κ2) is 6.90. The summed E-state index contributed by atoms with van der Waals surface area (Å²) in [5, 5.41) is 13.2. The van der Waals surface area contributed by atoms with Gasteiger partial charge in [-0.15, -0.1) is 11.8 Å².